The largest absolute Gasteiger partial charge is 0.416 e. The fourth-order valence-corrected chi connectivity index (χ4v) is 7.98. The van der Waals surface area contributed by atoms with Gasteiger partial charge in [0.1, 0.15) is 23.9 Å². The zero-order chi connectivity index (χ0) is 59.0. The number of aromatic nitrogens is 1. The minimum absolute atomic E-state index is 0.153. The lowest BCUT2D eigenvalue weighted by Gasteiger charge is -2.46. The second-order valence-electron chi connectivity index (χ2n) is 16.5. The highest BCUT2D eigenvalue weighted by molar-refractivity contribution is 7.20. The Labute approximate surface area is 421 Å². The van der Waals surface area contributed by atoms with Crippen molar-refractivity contribution >= 4 is 33.8 Å². The molecule has 5 aromatic carbocycles. The van der Waals surface area contributed by atoms with Crippen LogP contribution in [0.15, 0.2) is 145 Å². The van der Waals surface area contributed by atoms with E-state index in [1.807, 2.05) is 36.4 Å². The first-order valence-corrected chi connectivity index (χ1v) is 21.0. The van der Waals surface area contributed by atoms with Gasteiger partial charge >= 0.3 is 49.4 Å². The molecule has 0 radical (unpaired) electrons. The van der Waals surface area contributed by atoms with Crippen molar-refractivity contribution in [3.8, 4) is 12.1 Å². The number of Topliss-reactive ketones (excluding diaryl/α,β-unsaturated/α-hetero) is 1. The number of rotatable bonds is 8. The average Bonchev–Trinajstić information content (AvgIpc) is 3.34. The van der Waals surface area contributed by atoms with Gasteiger partial charge in [-0.1, -0.05) is 84.9 Å². The number of nitrogens with zero attached hydrogens (tertiary/aromatic N) is 3. The quantitative estimate of drug-likeness (QED) is 0.0381. The van der Waals surface area contributed by atoms with Gasteiger partial charge in [0.25, 0.3) is 0 Å². The van der Waals surface area contributed by atoms with Crippen LogP contribution in [0.3, 0.4) is 0 Å². The highest BCUT2D eigenvalue weighted by atomic mass is 19.4. The molecule has 78 heavy (non-hydrogen) atoms. The molecule has 0 fully saturated rings. The van der Waals surface area contributed by atoms with Gasteiger partial charge in [-0.2, -0.15) is 138 Å². The predicted molar refractivity (Wildman–Crippen MR) is 226 cm³/mol. The average molecular weight is 1140 g/mol. The summed E-state index contributed by atoms with van der Waals surface area (Å²) in [6, 6.07) is 8.95. The third-order valence-electron chi connectivity index (χ3n) is 11.4. The molecule has 0 aliphatic carbocycles. The number of hydrogen-bond acceptors (Lipinski definition) is 3. The second kappa shape index (κ2) is 21.5. The molecular formula is C49H24BF24N3O. The first-order chi connectivity index (χ1) is 35.5. The van der Waals surface area contributed by atoms with Crippen LogP contribution in [0.25, 0.3) is 0 Å². The number of nitriles is 2. The first-order valence-electron chi connectivity index (χ1n) is 21.0. The van der Waals surface area contributed by atoms with Crippen LogP contribution in [0.1, 0.15) is 54.9 Å². The second-order valence-corrected chi connectivity index (χ2v) is 16.5. The molecule has 0 amide bonds. The zero-order valence-corrected chi connectivity index (χ0v) is 37.8. The van der Waals surface area contributed by atoms with E-state index in [4.69, 9.17) is 10.5 Å². The van der Waals surface area contributed by atoms with Gasteiger partial charge in [0, 0.05) is 17.7 Å². The molecular weight excluding hydrogens is 1110 g/mol. The maximum atomic E-state index is 14.2. The summed E-state index contributed by atoms with van der Waals surface area (Å²) in [6.45, 7) is 0.186. The maximum Gasteiger partial charge on any atom is 0.416 e. The van der Waals surface area contributed by atoms with Crippen molar-refractivity contribution < 1.29 is 115 Å². The summed E-state index contributed by atoms with van der Waals surface area (Å²) < 4.78 is 343. The van der Waals surface area contributed by atoms with E-state index in [1.54, 1.807) is 41.2 Å². The Morgan fingerprint density at radius 2 is 0.603 bits per heavy atom. The third-order valence-corrected chi connectivity index (χ3v) is 11.4. The van der Waals surface area contributed by atoms with Crippen molar-refractivity contribution in [2.75, 3.05) is 0 Å². The number of ketones is 1. The number of benzene rings is 5. The minimum Gasteiger partial charge on any atom is -0.289 e. The van der Waals surface area contributed by atoms with Crippen molar-refractivity contribution in [2.24, 2.45) is 0 Å². The lowest BCUT2D eigenvalue weighted by molar-refractivity contribution is -0.688. The highest BCUT2D eigenvalue weighted by Crippen LogP contribution is 2.41. The van der Waals surface area contributed by atoms with Crippen LogP contribution in [-0.4, -0.2) is 11.9 Å². The molecule has 412 valence electrons. The molecule has 6 rings (SSSR count). The van der Waals surface area contributed by atoms with E-state index in [0.717, 1.165) is 0 Å². The van der Waals surface area contributed by atoms with E-state index in [0.29, 0.717) is 5.56 Å². The Balaban J connectivity index is 0.000000443. The van der Waals surface area contributed by atoms with Crippen LogP contribution >= 0.6 is 0 Å². The smallest absolute Gasteiger partial charge is 0.289 e. The number of alkyl halides is 24. The molecule has 0 saturated heterocycles. The standard InChI is InChI=1S/C32H12BF24.C17H12N3O/c34-25(35,36)13-1-14(26(37,38)39)6-21(5-13)33(22-7-15(27(40,41)42)2-16(8-22)28(43,44)45,23-9-17(29(46,47)48)3-18(10-23)30(49,50)51)24-11-19(31(52,53)54)4-20(12-24)32(55,56)57;18-11-15(12-19)16(13-20-9-5-2-6-10-20)17(21)14-7-3-1-4-8-14/h1-12H;1-10H,13H2/q-1;+1. The van der Waals surface area contributed by atoms with E-state index < -0.39 is 195 Å². The van der Waals surface area contributed by atoms with Crippen molar-refractivity contribution in [1.29, 1.82) is 10.5 Å². The molecule has 0 N–H and O–H groups in total. The normalized spacial score (nSPS) is 12.9. The van der Waals surface area contributed by atoms with E-state index in [9.17, 15) is 110 Å². The molecule has 1 heterocycles. The number of pyridine rings is 1. The van der Waals surface area contributed by atoms with Crippen molar-refractivity contribution in [3.63, 3.8) is 0 Å². The van der Waals surface area contributed by atoms with E-state index in [2.05, 4.69) is 0 Å². The maximum absolute atomic E-state index is 14.2. The molecule has 6 aromatic rings. The monoisotopic (exact) mass is 1140 g/mol. The van der Waals surface area contributed by atoms with E-state index >= 15 is 0 Å². The Morgan fingerprint density at radius 1 is 0.372 bits per heavy atom. The van der Waals surface area contributed by atoms with Gasteiger partial charge < -0.3 is 0 Å². The van der Waals surface area contributed by atoms with Crippen LogP contribution in [0.2, 0.25) is 0 Å². The molecule has 0 aliphatic rings. The van der Waals surface area contributed by atoms with Crippen LogP contribution in [0.5, 0.6) is 0 Å². The molecule has 4 nitrogen and oxygen atoms in total. The van der Waals surface area contributed by atoms with E-state index in [-0.39, 0.29) is 23.5 Å². The fourth-order valence-electron chi connectivity index (χ4n) is 7.98. The Bertz CT molecular complexity index is 2840. The summed E-state index contributed by atoms with van der Waals surface area (Å²) in [5.74, 6) is -0.301. The molecule has 0 saturated carbocycles. The number of hydrogen-bond donors (Lipinski definition) is 0. The highest BCUT2D eigenvalue weighted by Gasteiger charge is 2.47. The summed E-state index contributed by atoms with van der Waals surface area (Å²) in [6.07, 6.45) is -51.2. The van der Waals surface area contributed by atoms with Crippen molar-refractivity contribution in [1.82, 2.24) is 0 Å². The first kappa shape index (κ1) is 60.9. The molecule has 0 unspecified atom stereocenters. The van der Waals surface area contributed by atoms with Gasteiger partial charge in [-0.15, -0.1) is 0 Å². The fraction of sp³-hybridized carbons (Fsp3) is 0.184. The zero-order valence-electron chi connectivity index (χ0n) is 37.8. The third kappa shape index (κ3) is 13.9. The SMILES string of the molecule is FC(F)(F)c1cc([B-](c2cc(C(F)(F)F)cc(C(F)(F)F)c2)(c2cc(C(F)(F)F)cc(C(F)(F)F)c2)c2cc(C(F)(F)F)cc(C(F)(F)F)c2)cc(C(F)(F)F)c1.N#CC(C#N)=C(C[n+]1ccccc1)C(=O)c1ccccc1. The van der Waals surface area contributed by atoms with Gasteiger partial charge in [0.15, 0.2) is 24.7 Å². The summed E-state index contributed by atoms with van der Waals surface area (Å²) in [4.78, 5) is 12.5. The van der Waals surface area contributed by atoms with Crippen LogP contribution < -0.4 is 26.4 Å². The van der Waals surface area contributed by atoms with Crippen LogP contribution in [-0.2, 0) is 56.0 Å². The van der Waals surface area contributed by atoms with Gasteiger partial charge in [-0.3, -0.25) is 4.79 Å². The van der Waals surface area contributed by atoms with Crippen molar-refractivity contribution in [3.05, 3.63) is 195 Å². The number of carbonyl (C=O) groups is 1. The lowest BCUT2D eigenvalue weighted by atomic mass is 9.12. The predicted octanol–water partition coefficient (Wildman–Crippen LogP) is 13.4. The molecule has 29 heteroatoms. The minimum atomic E-state index is -6.13. The van der Waals surface area contributed by atoms with Gasteiger partial charge in [-0.05, 0) is 24.3 Å². The van der Waals surface area contributed by atoms with Crippen molar-refractivity contribution in [2.45, 2.75) is 56.0 Å². The lowest BCUT2D eigenvalue weighted by Crippen LogP contribution is -2.75. The molecule has 0 spiro atoms. The number of allylic oxidation sites excluding steroid dienone is 2. The Morgan fingerprint density at radius 3 is 0.821 bits per heavy atom. The molecule has 1 aromatic heterocycles. The van der Waals surface area contributed by atoms with Gasteiger partial charge in [-0.25, -0.2) is 4.57 Å². The summed E-state index contributed by atoms with van der Waals surface area (Å²) >= 11 is 0. The summed E-state index contributed by atoms with van der Waals surface area (Å²) in [5, 5.41) is 18.2. The van der Waals surface area contributed by atoms with Crippen LogP contribution in [0, 0.1) is 22.7 Å². The molecule has 0 atom stereocenters. The Hall–Kier alpha value is -7.98. The summed E-state index contributed by atoms with van der Waals surface area (Å²) in [5.41, 5.74) is -29.7. The Kier molecular flexibility index (Phi) is 16.7. The number of halogens is 24. The molecule has 0 aliphatic heterocycles. The topological polar surface area (TPSA) is 68.5 Å². The van der Waals surface area contributed by atoms with Gasteiger partial charge in [0.05, 0.1) is 50.1 Å². The number of carbonyl (C=O) groups excluding carboxylic acids is 1. The van der Waals surface area contributed by atoms with E-state index in [1.165, 1.54) is 0 Å². The van der Waals surface area contributed by atoms with Crippen LogP contribution in [0.4, 0.5) is 105 Å². The van der Waals surface area contributed by atoms with Gasteiger partial charge in [0.2, 0.25) is 0 Å². The molecule has 0 bridgehead atoms. The summed E-state index contributed by atoms with van der Waals surface area (Å²) in [7, 11) is 0.